The van der Waals surface area contributed by atoms with E-state index in [9.17, 15) is 8.42 Å². The van der Waals surface area contributed by atoms with Crippen LogP contribution in [0.2, 0.25) is 0 Å². The third-order valence-corrected chi connectivity index (χ3v) is 5.33. The maximum absolute atomic E-state index is 11.7. The van der Waals surface area contributed by atoms with Gasteiger partial charge in [0.2, 0.25) is 0 Å². The summed E-state index contributed by atoms with van der Waals surface area (Å²) in [6, 6.07) is 7.24. The first kappa shape index (κ1) is 12.7. The van der Waals surface area contributed by atoms with Gasteiger partial charge in [-0.15, -0.1) is 11.8 Å². The van der Waals surface area contributed by atoms with Gasteiger partial charge in [-0.1, -0.05) is 24.3 Å². The summed E-state index contributed by atoms with van der Waals surface area (Å²) in [5.74, 6) is 0. The molecule has 0 aliphatic heterocycles. The number of hydrogen-bond donors (Lipinski definition) is 0. The fourth-order valence-electron chi connectivity index (χ4n) is 1.90. The lowest BCUT2D eigenvalue weighted by Crippen LogP contribution is -2.05. The van der Waals surface area contributed by atoms with E-state index in [1.54, 1.807) is 23.9 Å². The van der Waals surface area contributed by atoms with Crippen molar-refractivity contribution in [2.75, 3.05) is 6.26 Å². The van der Waals surface area contributed by atoms with Gasteiger partial charge in [-0.3, -0.25) is 0 Å². The number of benzene rings is 1. The molecule has 2 rings (SSSR count). The van der Waals surface area contributed by atoms with Crippen LogP contribution in [0.1, 0.15) is 19.3 Å². The van der Waals surface area contributed by atoms with Gasteiger partial charge >= 0.3 is 0 Å². The molecule has 1 aromatic rings. The molecule has 0 spiro atoms. The number of allylic oxidation sites excluding steroid dienone is 1. The van der Waals surface area contributed by atoms with E-state index < -0.39 is 9.84 Å². The molecule has 0 radical (unpaired) electrons. The Morgan fingerprint density at radius 3 is 2.71 bits per heavy atom. The van der Waals surface area contributed by atoms with Gasteiger partial charge in [0.05, 0.1) is 4.90 Å². The highest BCUT2D eigenvalue weighted by Gasteiger charge is 2.16. The van der Waals surface area contributed by atoms with Gasteiger partial charge in [0, 0.05) is 16.4 Å². The van der Waals surface area contributed by atoms with E-state index in [-0.39, 0.29) is 0 Å². The Kier molecular flexibility index (Phi) is 3.94. The summed E-state index contributed by atoms with van der Waals surface area (Å²) >= 11 is 1.65. The number of hydrogen-bond acceptors (Lipinski definition) is 3. The van der Waals surface area contributed by atoms with Crippen LogP contribution in [0.5, 0.6) is 0 Å². The molecule has 17 heavy (non-hydrogen) atoms. The lowest BCUT2D eigenvalue weighted by molar-refractivity contribution is 0.600. The van der Waals surface area contributed by atoms with Crippen molar-refractivity contribution >= 4 is 21.6 Å². The van der Waals surface area contributed by atoms with Crippen LogP contribution in [0.4, 0.5) is 0 Å². The third kappa shape index (κ3) is 3.36. The van der Waals surface area contributed by atoms with Crippen LogP contribution >= 0.6 is 11.8 Å². The number of rotatable bonds is 3. The highest BCUT2D eigenvalue weighted by Crippen LogP contribution is 2.33. The van der Waals surface area contributed by atoms with E-state index in [4.69, 9.17) is 0 Å². The van der Waals surface area contributed by atoms with Crippen LogP contribution in [0.15, 0.2) is 46.2 Å². The lowest BCUT2D eigenvalue weighted by atomic mass is 10.1. The van der Waals surface area contributed by atoms with Crippen molar-refractivity contribution < 1.29 is 8.42 Å². The first-order valence-corrected chi connectivity index (χ1v) is 8.47. The highest BCUT2D eigenvalue weighted by molar-refractivity contribution is 8.01. The standard InChI is InChI=1S/C13H16O2S2/c1-17(14,15)13-10-6-5-9-12(13)16-11-7-3-2-4-8-11/h3,5-7,9-11H,2,4,8H2,1H3/t11-/m1/s1. The molecule has 0 unspecified atom stereocenters. The van der Waals surface area contributed by atoms with Crippen LogP contribution in [-0.4, -0.2) is 19.9 Å². The number of thioether (sulfide) groups is 1. The normalized spacial score (nSPS) is 20.4. The summed E-state index contributed by atoms with van der Waals surface area (Å²) in [5, 5.41) is 0.409. The summed E-state index contributed by atoms with van der Waals surface area (Å²) in [6.45, 7) is 0. The average Bonchev–Trinajstić information content (AvgIpc) is 2.30. The maximum Gasteiger partial charge on any atom is 0.176 e. The van der Waals surface area contributed by atoms with Gasteiger partial charge in [0.25, 0.3) is 0 Å². The molecular weight excluding hydrogens is 252 g/mol. The first-order chi connectivity index (χ1) is 8.07. The number of sulfone groups is 1. The molecular formula is C13H16O2S2. The maximum atomic E-state index is 11.7. The van der Waals surface area contributed by atoms with E-state index in [0.717, 1.165) is 17.7 Å². The minimum Gasteiger partial charge on any atom is -0.224 e. The topological polar surface area (TPSA) is 34.1 Å². The molecule has 1 aliphatic carbocycles. The molecule has 0 fully saturated rings. The summed E-state index contributed by atoms with van der Waals surface area (Å²) in [5.41, 5.74) is 0. The molecule has 1 atom stereocenters. The average molecular weight is 268 g/mol. The fourth-order valence-corrected chi connectivity index (χ4v) is 4.40. The van der Waals surface area contributed by atoms with E-state index in [0.29, 0.717) is 10.1 Å². The van der Waals surface area contributed by atoms with E-state index in [1.165, 1.54) is 12.7 Å². The Hall–Kier alpha value is -0.740. The Morgan fingerprint density at radius 2 is 2.06 bits per heavy atom. The van der Waals surface area contributed by atoms with Crippen molar-refractivity contribution in [2.45, 2.75) is 34.3 Å². The van der Waals surface area contributed by atoms with Crippen LogP contribution in [0.25, 0.3) is 0 Å². The van der Waals surface area contributed by atoms with Crippen molar-refractivity contribution in [3.63, 3.8) is 0 Å². The van der Waals surface area contributed by atoms with Gasteiger partial charge in [-0.05, 0) is 31.4 Å². The van der Waals surface area contributed by atoms with Gasteiger partial charge in [0.1, 0.15) is 0 Å². The Labute approximate surface area is 107 Å². The zero-order chi connectivity index (χ0) is 12.3. The minimum atomic E-state index is -3.13. The van der Waals surface area contributed by atoms with Crippen molar-refractivity contribution in [3.05, 3.63) is 36.4 Å². The predicted molar refractivity (Wildman–Crippen MR) is 72.2 cm³/mol. The first-order valence-electron chi connectivity index (χ1n) is 5.70. The monoisotopic (exact) mass is 268 g/mol. The molecule has 0 aromatic heterocycles. The van der Waals surface area contributed by atoms with E-state index in [2.05, 4.69) is 12.2 Å². The van der Waals surface area contributed by atoms with Crippen LogP contribution in [0.3, 0.4) is 0 Å². The molecule has 0 saturated heterocycles. The zero-order valence-corrected chi connectivity index (χ0v) is 11.4. The molecule has 0 N–H and O–H groups in total. The van der Waals surface area contributed by atoms with Gasteiger partial charge in [0.15, 0.2) is 9.84 Å². The van der Waals surface area contributed by atoms with Gasteiger partial charge in [-0.2, -0.15) is 0 Å². The third-order valence-electron chi connectivity index (χ3n) is 2.74. The Bertz CT molecular complexity index is 518. The molecule has 0 bridgehead atoms. The summed E-state index contributed by atoms with van der Waals surface area (Å²) in [6.07, 6.45) is 9.10. The van der Waals surface area contributed by atoms with E-state index in [1.807, 2.05) is 12.1 Å². The molecule has 0 heterocycles. The molecule has 1 aliphatic rings. The molecule has 2 nitrogen and oxygen atoms in total. The minimum absolute atomic E-state index is 0.409. The quantitative estimate of drug-likeness (QED) is 0.789. The second-order valence-corrected chi connectivity index (χ2v) is 7.50. The van der Waals surface area contributed by atoms with E-state index >= 15 is 0 Å². The highest BCUT2D eigenvalue weighted by atomic mass is 32.2. The molecule has 92 valence electrons. The SMILES string of the molecule is CS(=O)(=O)c1ccccc1S[C@@H]1C=CCCC1. The Balaban J connectivity index is 2.26. The van der Waals surface area contributed by atoms with Gasteiger partial charge < -0.3 is 0 Å². The van der Waals surface area contributed by atoms with Crippen LogP contribution in [-0.2, 0) is 9.84 Å². The zero-order valence-electron chi connectivity index (χ0n) is 9.80. The molecule has 0 amide bonds. The largest absolute Gasteiger partial charge is 0.224 e. The second kappa shape index (κ2) is 5.27. The Morgan fingerprint density at radius 1 is 1.29 bits per heavy atom. The van der Waals surface area contributed by atoms with Crippen LogP contribution < -0.4 is 0 Å². The smallest absolute Gasteiger partial charge is 0.176 e. The second-order valence-electron chi connectivity index (χ2n) is 4.23. The summed E-state index contributed by atoms with van der Waals surface area (Å²) in [7, 11) is -3.13. The predicted octanol–water partition coefficient (Wildman–Crippen LogP) is 3.29. The summed E-state index contributed by atoms with van der Waals surface area (Å²) in [4.78, 5) is 1.32. The van der Waals surface area contributed by atoms with Gasteiger partial charge in [-0.25, -0.2) is 8.42 Å². The van der Waals surface area contributed by atoms with Crippen molar-refractivity contribution in [1.29, 1.82) is 0 Å². The van der Waals surface area contributed by atoms with Crippen molar-refractivity contribution in [2.24, 2.45) is 0 Å². The molecule has 0 saturated carbocycles. The fraction of sp³-hybridized carbons (Fsp3) is 0.385. The van der Waals surface area contributed by atoms with Crippen molar-refractivity contribution in [3.8, 4) is 0 Å². The van der Waals surface area contributed by atoms with Crippen molar-refractivity contribution in [1.82, 2.24) is 0 Å². The lowest BCUT2D eigenvalue weighted by Gasteiger charge is -2.17. The molecule has 4 heteroatoms. The van der Waals surface area contributed by atoms with Crippen LogP contribution in [0, 0.1) is 0 Å². The summed E-state index contributed by atoms with van der Waals surface area (Å²) < 4.78 is 23.3. The molecule has 1 aromatic carbocycles.